The molecule has 2 aromatic rings. The van der Waals surface area contributed by atoms with Crippen LogP contribution in [-0.4, -0.2) is 9.55 Å². The predicted molar refractivity (Wildman–Crippen MR) is 67.1 cm³/mol. The van der Waals surface area contributed by atoms with Gasteiger partial charge in [-0.2, -0.15) is 0 Å². The number of nitrogens with zero attached hydrogens (tertiary/aromatic N) is 2. The number of hydrogen-bond acceptors (Lipinski definition) is 2. The van der Waals surface area contributed by atoms with Gasteiger partial charge in [-0.1, -0.05) is 23.2 Å². The Labute approximate surface area is 103 Å². The number of aromatic nitrogens is 2. The Kier molecular flexibility index (Phi) is 2.26. The lowest BCUT2D eigenvalue weighted by Gasteiger charge is -2.14. The minimum atomic E-state index is 0.407. The lowest BCUT2D eigenvalue weighted by Crippen LogP contribution is -2.09. The zero-order chi connectivity index (χ0) is 11.3. The molecule has 0 bridgehead atoms. The van der Waals surface area contributed by atoms with Crippen LogP contribution < -0.4 is 5.73 Å². The summed E-state index contributed by atoms with van der Waals surface area (Å²) in [6.07, 6.45) is 3.37. The smallest absolute Gasteiger partial charge is 0.113 e. The molecule has 1 aromatic carbocycles. The van der Waals surface area contributed by atoms with Crippen molar-refractivity contribution in [2.45, 2.75) is 25.8 Å². The normalized spacial score (nSPS) is 15.4. The molecule has 2 heterocycles. The third-order valence-corrected chi connectivity index (χ3v) is 3.88. The number of benzene rings is 1. The molecule has 1 aromatic heterocycles. The number of anilines is 1. The summed E-state index contributed by atoms with van der Waals surface area (Å²) in [5.74, 6) is 1.09. The first-order valence-electron chi connectivity index (χ1n) is 5.31. The third kappa shape index (κ3) is 1.31. The van der Waals surface area contributed by atoms with E-state index in [2.05, 4.69) is 9.55 Å². The molecule has 1 aliphatic heterocycles. The highest BCUT2D eigenvalue weighted by Crippen LogP contribution is 2.36. The number of nitrogens with two attached hydrogens (primary N) is 1. The number of nitrogen functional groups attached to an aromatic ring is 1. The second-order valence-corrected chi connectivity index (χ2v) is 4.88. The highest BCUT2D eigenvalue weighted by Gasteiger charge is 2.18. The number of aryl methyl sites for hydroxylation is 2. The van der Waals surface area contributed by atoms with Crippen molar-refractivity contribution < 1.29 is 0 Å². The second-order valence-electron chi connectivity index (χ2n) is 4.09. The summed E-state index contributed by atoms with van der Waals surface area (Å²) in [5, 5.41) is 0.907. The first-order chi connectivity index (χ1) is 7.68. The molecule has 0 saturated carbocycles. The quantitative estimate of drug-likeness (QED) is 0.735. The third-order valence-electron chi connectivity index (χ3n) is 3.08. The maximum absolute atomic E-state index is 6.04. The molecule has 0 spiro atoms. The maximum atomic E-state index is 6.04. The Bertz CT molecular complexity index is 574. The number of rotatable bonds is 0. The molecular weight excluding hydrogens is 245 g/mol. The average molecular weight is 256 g/mol. The zero-order valence-electron chi connectivity index (χ0n) is 8.63. The minimum absolute atomic E-state index is 0.407. The fourth-order valence-electron chi connectivity index (χ4n) is 2.27. The van der Waals surface area contributed by atoms with Crippen LogP contribution in [0.5, 0.6) is 0 Å². The molecule has 0 fully saturated rings. The van der Waals surface area contributed by atoms with Crippen molar-refractivity contribution >= 4 is 39.9 Å². The number of imidazole rings is 1. The minimum Gasteiger partial charge on any atom is -0.396 e. The Morgan fingerprint density at radius 3 is 2.94 bits per heavy atom. The topological polar surface area (TPSA) is 43.8 Å². The van der Waals surface area contributed by atoms with Gasteiger partial charge in [0, 0.05) is 13.0 Å². The van der Waals surface area contributed by atoms with Crippen LogP contribution in [0.25, 0.3) is 11.0 Å². The van der Waals surface area contributed by atoms with E-state index in [-0.39, 0.29) is 0 Å². The molecule has 3 nitrogen and oxygen atoms in total. The van der Waals surface area contributed by atoms with Crippen molar-refractivity contribution in [1.29, 1.82) is 0 Å². The van der Waals surface area contributed by atoms with Gasteiger partial charge in [0.2, 0.25) is 0 Å². The molecule has 1 aliphatic rings. The van der Waals surface area contributed by atoms with Gasteiger partial charge < -0.3 is 10.3 Å². The summed E-state index contributed by atoms with van der Waals surface area (Å²) in [5.41, 5.74) is 8.22. The molecule has 3 rings (SSSR count). The van der Waals surface area contributed by atoms with Gasteiger partial charge in [0.05, 0.1) is 21.2 Å². The van der Waals surface area contributed by atoms with Crippen LogP contribution in [0, 0.1) is 0 Å². The molecule has 0 saturated heterocycles. The number of fused-ring (bicyclic) bond motifs is 3. The first kappa shape index (κ1) is 10.2. The molecule has 16 heavy (non-hydrogen) atoms. The SMILES string of the molecule is Nc1c(Cl)c(Cl)cc2c1nc1n2CCCC1. The fraction of sp³-hybridized carbons (Fsp3) is 0.364. The van der Waals surface area contributed by atoms with Crippen molar-refractivity contribution in [3.05, 3.63) is 21.9 Å². The van der Waals surface area contributed by atoms with E-state index in [0.717, 1.165) is 29.8 Å². The molecule has 0 aliphatic carbocycles. The van der Waals surface area contributed by atoms with E-state index < -0.39 is 0 Å². The van der Waals surface area contributed by atoms with Crippen LogP contribution in [0.2, 0.25) is 10.0 Å². The van der Waals surface area contributed by atoms with Gasteiger partial charge in [0.25, 0.3) is 0 Å². The summed E-state index contributed by atoms with van der Waals surface area (Å²) in [6, 6.07) is 1.86. The molecule has 0 amide bonds. The van der Waals surface area contributed by atoms with Crippen molar-refractivity contribution in [1.82, 2.24) is 9.55 Å². The van der Waals surface area contributed by atoms with E-state index in [0.29, 0.717) is 15.7 Å². The lowest BCUT2D eigenvalue weighted by atomic mass is 10.2. The molecular formula is C11H11Cl2N3. The van der Waals surface area contributed by atoms with Crippen LogP contribution in [0.4, 0.5) is 5.69 Å². The van der Waals surface area contributed by atoms with Gasteiger partial charge in [-0.25, -0.2) is 4.98 Å². The van der Waals surface area contributed by atoms with Gasteiger partial charge in [-0.05, 0) is 18.9 Å². The summed E-state index contributed by atoms with van der Waals surface area (Å²) < 4.78 is 2.19. The van der Waals surface area contributed by atoms with Crippen LogP contribution in [0.3, 0.4) is 0 Å². The standard InChI is InChI=1S/C11H11Cl2N3/c12-6-5-7-11(10(14)9(6)13)15-8-3-1-2-4-16(7)8/h5H,1-4,14H2. The van der Waals surface area contributed by atoms with E-state index >= 15 is 0 Å². The van der Waals surface area contributed by atoms with Gasteiger partial charge >= 0.3 is 0 Å². The Morgan fingerprint density at radius 1 is 1.31 bits per heavy atom. The van der Waals surface area contributed by atoms with E-state index in [1.54, 1.807) is 0 Å². The van der Waals surface area contributed by atoms with Crippen molar-refractivity contribution in [2.75, 3.05) is 5.73 Å². The van der Waals surface area contributed by atoms with Crippen molar-refractivity contribution in [3.8, 4) is 0 Å². The molecule has 0 atom stereocenters. The zero-order valence-corrected chi connectivity index (χ0v) is 10.1. The maximum Gasteiger partial charge on any atom is 0.113 e. The van der Waals surface area contributed by atoms with Gasteiger partial charge in [0.1, 0.15) is 11.3 Å². The number of halogens is 2. The lowest BCUT2D eigenvalue weighted by molar-refractivity contribution is 0.533. The molecule has 0 unspecified atom stereocenters. The van der Waals surface area contributed by atoms with E-state index in [1.807, 2.05) is 6.07 Å². The van der Waals surface area contributed by atoms with Crippen LogP contribution in [-0.2, 0) is 13.0 Å². The summed E-state index contributed by atoms with van der Waals surface area (Å²) in [7, 11) is 0. The Hall–Kier alpha value is -0.930. The van der Waals surface area contributed by atoms with Crippen LogP contribution in [0.1, 0.15) is 18.7 Å². The first-order valence-corrected chi connectivity index (χ1v) is 6.06. The number of hydrogen-bond donors (Lipinski definition) is 1. The summed E-state index contributed by atoms with van der Waals surface area (Å²) >= 11 is 12.1. The summed E-state index contributed by atoms with van der Waals surface area (Å²) in [6.45, 7) is 0.989. The van der Waals surface area contributed by atoms with E-state index in [4.69, 9.17) is 28.9 Å². The van der Waals surface area contributed by atoms with Gasteiger partial charge in [0.15, 0.2) is 0 Å². The van der Waals surface area contributed by atoms with Crippen LogP contribution >= 0.6 is 23.2 Å². The monoisotopic (exact) mass is 255 g/mol. The molecule has 5 heteroatoms. The Morgan fingerprint density at radius 2 is 2.12 bits per heavy atom. The van der Waals surface area contributed by atoms with E-state index in [1.165, 1.54) is 12.8 Å². The Balaban J connectivity index is 2.39. The predicted octanol–water partition coefficient (Wildman–Crippen LogP) is 3.26. The fourth-order valence-corrected chi connectivity index (χ4v) is 2.62. The second kappa shape index (κ2) is 3.54. The molecule has 2 N–H and O–H groups in total. The van der Waals surface area contributed by atoms with Gasteiger partial charge in [-0.15, -0.1) is 0 Å². The van der Waals surface area contributed by atoms with Crippen molar-refractivity contribution in [3.63, 3.8) is 0 Å². The summed E-state index contributed by atoms with van der Waals surface area (Å²) in [4.78, 5) is 4.55. The van der Waals surface area contributed by atoms with Gasteiger partial charge in [-0.3, -0.25) is 0 Å². The molecule has 0 radical (unpaired) electrons. The van der Waals surface area contributed by atoms with Crippen molar-refractivity contribution in [2.24, 2.45) is 0 Å². The molecule has 84 valence electrons. The highest BCUT2D eigenvalue weighted by molar-refractivity contribution is 6.44. The largest absolute Gasteiger partial charge is 0.396 e. The average Bonchev–Trinajstić information content (AvgIpc) is 2.65. The highest BCUT2D eigenvalue weighted by atomic mass is 35.5. The van der Waals surface area contributed by atoms with E-state index in [9.17, 15) is 0 Å². The van der Waals surface area contributed by atoms with Crippen LogP contribution in [0.15, 0.2) is 6.07 Å².